The van der Waals surface area contributed by atoms with Gasteiger partial charge in [-0.1, -0.05) is 127 Å². The average molecular weight is 719 g/mol. The van der Waals surface area contributed by atoms with Crippen molar-refractivity contribution in [1.82, 2.24) is 9.97 Å². The van der Waals surface area contributed by atoms with Crippen LogP contribution in [-0.4, -0.2) is 18.0 Å². The fourth-order valence-electron chi connectivity index (χ4n) is 6.97. The third kappa shape index (κ3) is 7.22. The van der Waals surface area contributed by atoms with E-state index in [-0.39, 0.29) is 10.8 Å². The molecule has 7 rings (SSSR count). The monoisotopic (exact) mass is 718 g/mol. The predicted octanol–water partition coefficient (Wildman–Crippen LogP) is 13.4. The Kier molecular flexibility index (Phi) is 9.04. The minimum Gasteiger partial charge on any atom is -0.421 e. The largest absolute Gasteiger partial charge is 0.421 e. The molecule has 0 unspecified atom stereocenters. The molecule has 0 N–H and O–H groups in total. The summed E-state index contributed by atoms with van der Waals surface area (Å²) in [7, 11) is -1.43. The van der Waals surface area contributed by atoms with E-state index in [0.29, 0.717) is 11.8 Å². The highest BCUT2D eigenvalue weighted by Gasteiger charge is 2.23. The molecule has 3 nitrogen and oxygen atoms in total. The molecule has 0 aliphatic carbocycles. The summed E-state index contributed by atoms with van der Waals surface area (Å²) in [4.78, 5) is 11.6. The number of fused-ring (bicyclic) bond motifs is 2. The molecule has 4 aromatic carbocycles. The van der Waals surface area contributed by atoms with Crippen LogP contribution in [0.25, 0.3) is 53.8 Å². The second-order valence-corrected chi connectivity index (χ2v) is 23.5. The number of pyridine rings is 2. The summed E-state index contributed by atoms with van der Waals surface area (Å²) >= 11 is 1.82. The summed E-state index contributed by atoms with van der Waals surface area (Å²) in [6.45, 7) is 25.1. The van der Waals surface area contributed by atoms with Gasteiger partial charge in [0.2, 0.25) is 11.8 Å². The van der Waals surface area contributed by atoms with Crippen LogP contribution in [0, 0.1) is 13.8 Å². The molecule has 7 aromatic rings. The lowest BCUT2D eigenvalue weighted by Gasteiger charge is -2.23. The van der Waals surface area contributed by atoms with E-state index in [0.717, 1.165) is 38.2 Å². The van der Waals surface area contributed by atoms with Gasteiger partial charge in [-0.25, -0.2) is 9.97 Å². The molecule has 0 saturated heterocycles. The van der Waals surface area contributed by atoms with Crippen molar-refractivity contribution >= 4 is 45.5 Å². The topological polar surface area (TPSA) is 35.0 Å². The molecular weight excluding hydrogens is 669 g/mol. The maximum atomic E-state index is 6.65. The Balaban J connectivity index is 1.40. The van der Waals surface area contributed by atoms with Gasteiger partial charge in [-0.15, -0.1) is 11.3 Å². The van der Waals surface area contributed by atoms with Crippen LogP contribution in [-0.2, 0) is 10.8 Å². The van der Waals surface area contributed by atoms with Crippen LogP contribution in [0.4, 0.5) is 0 Å². The number of aryl methyl sites for hydroxylation is 2. The predicted molar refractivity (Wildman–Crippen MR) is 228 cm³/mol. The van der Waals surface area contributed by atoms with Gasteiger partial charge in [0.15, 0.2) is 0 Å². The number of ether oxygens (including phenoxy) is 1. The van der Waals surface area contributed by atoms with Gasteiger partial charge in [-0.3, -0.25) is 0 Å². The molecule has 52 heavy (non-hydrogen) atoms. The first-order valence-electron chi connectivity index (χ1n) is 18.3. The molecule has 3 aromatic heterocycles. The summed E-state index contributed by atoms with van der Waals surface area (Å²) in [5, 5.41) is 5.08. The minimum absolute atomic E-state index is 0.0405. The molecular formula is C47H50N2OSSi. The molecule has 0 radical (unpaired) electrons. The summed E-state index contributed by atoms with van der Waals surface area (Å²) in [5.41, 5.74) is 10.2. The number of aromatic nitrogens is 2. The van der Waals surface area contributed by atoms with Crippen molar-refractivity contribution in [3.8, 4) is 44.7 Å². The van der Waals surface area contributed by atoms with Gasteiger partial charge in [0.25, 0.3) is 0 Å². The number of rotatable bonds is 6. The summed E-state index contributed by atoms with van der Waals surface area (Å²) in [6, 6.07) is 37.6. The Morgan fingerprint density at radius 2 is 1.38 bits per heavy atom. The fraction of sp³-hybridized carbons (Fsp3) is 0.277. The molecule has 3 heterocycles. The third-order valence-electron chi connectivity index (χ3n) is 9.96. The highest BCUT2D eigenvalue weighted by molar-refractivity contribution is 7.22. The number of thiophene rings is 1. The van der Waals surface area contributed by atoms with E-state index in [1.54, 1.807) is 0 Å². The van der Waals surface area contributed by atoms with E-state index >= 15 is 0 Å². The highest BCUT2D eigenvalue weighted by atomic mass is 32.1. The Bertz CT molecular complexity index is 2470. The Morgan fingerprint density at radius 3 is 2.10 bits per heavy atom. The maximum Gasteiger partial charge on any atom is 0.222 e. The second kappa shape index (κ2) is 13.1. The molecule has 0 aliphatic heterocycles. The summed E-state index contributed by atoms with van der Waals surface area (Å²) in [6.07, 6.45) is 0. The van der Waals surface area contributed by atoms with Gasteiger partial charge < -0.3 is 4.74 Å². The smallest absolute Gasteiger partial charge is 0.222 e. The molecule has 5 heteroatoms. The zero-order chi connectivity index (χ0) is 37.2. The zero-order valence-corrected chi connectivity index (χ0v) is 34.3. The van der Waals surface area contributed by atoms with E-state index < -0.39 is 8.07 Å². The molecule has 0 atom stereocenters. The van der Waals surface area contributed by atoms with Gasteiger partial charge in [0.1, 0.15) is 0 Å². The number of hydrogen-bond donors (Lipinski definition) is 0. The normalized spacial score (nSPS) is 12.5. The lowest BCUT2D eigenvalue weighted by Crippen LogP contribution is -2.37. The molecule has 0 bridgehead atoms. The van der Waals surface area contributed by atoms with Gasteiger partial charge in [-0.2, -0.15) is 0 Å². The Morgan fingerprint density at radius 1 is 0.635 bits per heavy atom. The van der Waals surface area contributed by atoms with Crippen molar-refractivity contribution in [3.05, 3.63) is 125 Å². The first-order valence-corrected chi connectivity index (χ1v) is 22.6. The van der Waals surface area contributed by atoms with Crippen LogP contribution in [0.2, 0.25) is 19.6 Å². The van der Waals surface area contributed by atoms with Crippen molar-refractivity contribution < 1.29 is 4.74 Å². The molecule has 0 saturated carbocycles. The van der Waals surface area contributed by atoms with Crippen molar-refractivity contribution in [1.29, 1.82) is 0 Å². The highest BCUT2D eigenvalue weighted by Crippen LogP contribution is 2.43. The maximum absolute atomic E-state index is 6.65. The number of benzene rings is 4. The van der Waals surface area contributed by atoms with E-state index in [2.05, 4.69) is 172 Å². The van der Waals surface area contributed by atoms with Crippen LogP contribution in [0.1, 0.15) is 63.8 Å². The van der Waals surface area contributed by atoms with E-state index in [9.17, 15) is 0 Å². The van der Waals surface area contributed by atoms with Gasteiger partial charge in [0.05, 0.1) is 24.2 Å². The SMILES string of the molecule is Cc1cc(Oc2cc3cc(-c4ccc([Si](C)(C)C)cc4C)sc3c(-c3cc(C(C)(C)C)c4ccccc4c3)n2)nc(-c2cccc(C(C)(C)C)c2)c1. The van der Waals surface area contributed by atoms with Gasteiger partial charge in [0, 0.05) is 33.5 Å². The van der Waals surface area contributed by atoms with Gasteiger partial charge >= 0.3 is 0 Å². The first kappa shape index (κ1) is 35.8. The second-order valence-electron chi connectivity index (χ2n) is 17.4. The van der Waals surface area contributed by atoms with E-state index in [1.807, 2.05) is 17.4 Å². The van der Waals surface area contributed by atoms with Crippen LogP contribution in [0.3, 0.4) is 0 Å². The molecule has 0 spiro atoms. The van der Waals surface area contributed by atoms with Crippen LogP contribution in [0.15, 0.2) is 103 Å². The molecule has 0 fully saturated rings. The Labute approximate surface area is 314 Å². The van der Waals surface area contributed by atoms with E-state index in [1.165, 1.54) is 43.1 Å². The number of nitrogens with zero attached hydrogens (tertiary/aromatic N) is 2. The third-order valence-corrected chi connectivity index (χ3v) is 13.2. The molecule has 0 amide bonds. The minimum atomic E-state index is -1.43. The van der Waals surface area contributed by atoms with Crippen molar-refractivity contribution in [3.63, 3.8) is 0 Å². The lowest BCUT2D eigenvalue weighted by molar-refractivity contribution is 0.446. The fourth-order valence-corrected chi connectivity index (χ4v) is 9.44. The van der Waals surface area contributed by atoms with Crippen LogP contribution < -0.4 is 9.92 Å². The van der Waals surface area contributed by atoms with Crippen molar-refractivity contribution in [2.24, 2.45) is 0 Å². The lowest BCUT2D eigenvalue weighted by atomic mass is 9.82. The molecule has 264 valence electrons. The zero-order valence-electron chi connectivity index (χ0n) is 32.5. The van der Waals surface area contributed by atoms with Crippen molar-refractivity contribution in [2.75, 3.05) is 0 Å². The Hall–Kier alpha value is -4.58. The van der Waals surface area contributed by atoms with Crippen LogP contribution in [0.5, 0.6) is 11.8 Å². The summed E-state index contributed by atoms with van der Waals surface area (Å²) < 4.78 is 7.81. The van der Waals surface area contributed by atoms with Gasteiger partial charge in [-0.05, 0) is 93.6 Å². The quantitative estimate of drug-likeness (QED) is 0.161. The standard InChI is InChI=1S/C47H50N2OSSi/c1-29-21-40(32-16-14-17-35(25-32)46(3,4)5)48-42(22-29)50-43-28-34-27-41(37-20-19-36(23-30(37)2)52(9,10)11)51-45(34)44(49-43)33-24-31-15-12-13-18-38(31)39(26-33)47(6,7)8/h12-28H,1-11H3. The van der Waals surface area contributed by atoms with Crippen LogP contribution >= 0.6 is 11.3 Å². The first-order chi connectivity index (χ1) is 24.4. The summed E-state index contributed by atoms with van der Waals surface area (Å²) in [5.74, 6) is 1.08. The van der Waals surface area contributed by atoms with E-state index in [4.69, 9.17) is 14.7 Å². The average Bonchev–Trinajstić information content (AvgIpc) is 3.50. The van der Waals surface area contributed by atoms with Crippen molar-refractivity contribution in [2.45, 2.75) is 85.9 Å². The molecule has 0 aliphatic rings. The number of hydrogen-bond acceptors (Lipinski definition) is 4.